The third-order valence-electron chi connectivity index (χ3n) is 4.23. The van der Waals surface area contributed by atoms with Gasteiger partial charge in [0.1, 0.15) is 12.1 Å². The Morgan fingerprint density at radius 3 is 2.03 bits per heavy atom. The normalized spacial score (nSPS) is 12.6. The number of hydrogen-bond acceptors (Lipinski definition) is 11. The minimum absolute atomic E-state index is 0.0323. The molecule has 0 aliphatic carbocycles. The van der Waals surface area contributed by atoms with Crippen LogP contribution in [-0.4, -0.2) is 68.1 Å². The van der Waals surface area contributed by atoms with E-state index in [0.29, 0.717) is 5.56 Å². The Morgan fingerprint density at radius 1 is 0.917 bits per heavy atom. The summed E-state index contributed by atoms with van der Waals surface area (Å²) < 4.78 is 29.8. The third-order valence-corrected chi connectivity index (χ3v) is 4.23. The molecule has 0 saturated carbocycles. The van der Waals surface area contributed by atoms with Crippen molar-refractivity contribution in [1.29, 1.82) is 0 Å². The Hall–Kier alpha value is -3.54. The molecule has 0 fully saturated rings. The molecule has 1 rings (SSSR count). The van der Waals surface area contributed by atoms with Crippen molar-refractivity contribution in [3.05, 3.63) is 23.8 Å². The zero-order valence-electron chi connectivity index (χ0n) is 21.5. The summed E-state index contributed by atoms with van der Waals surface area (Å²) in [7, 11) is 0. The summed E-state index contributed by atoms with van der Waals surface area (Å²) in [6.07, 6.45) is -3.57. The minimum atomic E-state index is -1.16. The first-order valence-corrected chi connectivity index (χ1v) is 11.5. The van der Waals surface area contributed by atoms with Crippen molar-refractivity contribution >= 4 is 24.4 Å². The monoisotopic (exact) mass is 513 g/mol. The van der Waals surface area contributed by atoms with Gasteiger partial charge in [0, 0.05) is 6.54 Å². The first kappa shape index (κ1) is 30.5. The minimum Gasteiger partial charge on any atom is -0.480 e. The predicted molar refractivity (Wildman–Crippen MR) is 126 cm³/mol. The van der Waals surface area contributed by atoms with Gasteiger partial charge in [-0.2, -0.15) is 0 Å². The highest BCUT2D eigenvalue weighted by Gasteiger charge is 2.23. The summed E-state index contributed by atoms with van der Waals surface area (Å²) in [6, 6.07) is 3.13. The van der Waals surface area contributed by atoms with Crippen LogP contribution < -0.4 is 14.8 Å². The van der Waals surface area contributed by atoms with E-state index in [0.717, 1.165) is 0 Å². The van der Waals surface area contributed by atoms with E-state index in [4.69, 9.17) is 28.4 Å². The Morgan fingerprint density at radius 2 is 1.50 bits per heavy atom. The fourth-order valence-corrected chi connectivity index (χ4v) is 2.62. The van der Waals surface area contributed by atoms with Gasteiger partial charge in [-0.15, -0.1) is 0 Å². The zero-order valence-corrected chi connectivity index (χ0v) is 21.5. The van der Waals surface area contributed by atoms with Crippen LogP contribution in [0, 0.1) is 5.41 Å². The van der Waals surface area contributed by atoms with Gasteiger partial charge >= 0.3 is 24.4 Å². The van der Waals surface area contributed by atoms with Crippen molar-refractivity contribution in [1.82, 2.24) is 5.32 Å². The van der Waals surface area contributed by atoms with Gasteiger partial charge in [0.25, 0.3) is 0 Å². The summed E-state index contributed by atoms with van der Waals surface area (Å²) in [5, 5.41) is 12.5. The lowest BCUT2D eigenvalue weighted by Crippen LogP contribution is -2.42. The largest absolute Gasteiger partial charge is 0.513 e. The molecule has 0 heterocycles. The molecule has 0 aromatic heterocycles. The Bertz CT molecular complexity index is 895. The van der Waals surface area contributed by atoms with Gasteiger partial charge in [-0.25, -0.2) is 14.4 Å². The van der Waals surface area contributed by atoms with Crippen molar-refractivity contribution in [3.63, 3.8) is 0 Å². The maximum atomic E-state index is 11.8. The number of carbonyl (C=O) groups is 4. The molecule has 0 radical (unpaired) electrons. The number of carboxylic acids is 1. The van der Waals surface area contributed by atoms with Crippen LogP contribution in [-0.2, 0) is 30.2 Å². The van der Waals surface area contributed by atoms with Gasteiger partial charge in [0.05, 0.1) is 19.8 Å². The van der Waals surface area contributed by atoms with Crippen LogP contribution in [0.2, 0.25) is 0 Å². The van der Waals surface area contributed by atoms with Crippen molar-refractivity contribution in [2.45, 2.75) is 60.1 Å². The molecule has 1 aromatic rings. The molecule has 2 atom stereocenters. The number of ether oxygens (including phenoxy) is 6. The highest BCUT2D eigenvalue weighted by molar-refractivity contribution is 5.74. The molecule has 0 aliphatic rings. The number of rotatable bonds is 12. The molecule has 0 aliphatic heterocycles. The van der Waals surface area contributed by atoms with Gasteiger partial charge in [0.15, 0.2) is 11.5 Å². The van der Waals surface area contributed by atoms with E-state index in [1.54, 1.807) is 20.8 Å². The smallest absolute Gasteiger partial charge is 0.480 e. The van der Waals surface area contributed by atoms with Crippen molar-refractivity contribution < 1.29 is 52.7 Å². The fourth-order valence-electron chi connectivity index (χ4n) is 2.62. The molecular formula is C24H35NO11. The molecule has 1 aromatic carbocycles. The molecule has 12 heteroatoms. The molecule has 0 spiro atoms. The van der Waals surface area contributed by atoms with Gasteiger partial charge in [0.2, 0.25) is 0 Å². The lowest BCUT2D eigenvalue weighted by atomic mass is 9.99. The van der Waals surface area contributed by atoms with Gasteiger partial charge in [-0.3, -0.25) is 4.79 Å². The molecule has 0 bridgehead atoms. The fraction of sp³-hybridized carbons (Fsp3) is 0.583. The highest BCUT2D eigenvalue weighted by Crippen LogP contribution is 2.30. The molecule has 202 valence electrons. The SMILES string of the molecule is CCOC(=O)Oc1ccc(C[C@H](NCC(C)OC(=O)OCC(C)(C)C)C(=O)O)cc1OC(=O)OCC. The predicted octanol–water partition coefficient (Wildman–Crippen LogP) is 3.93. The average Bonchev–Trinajstić information content (AvgIpc) is 2.76. The van der Waals surface area contributed by atoms with Gasteiger partial charge < -0.3 is 38.8 Å². The third kappa shape index (κ3) is 12.2. The summed E-state index contributed by atoms with van der Waals surface area (Å²) in [5.41, 5.74) is 0.227. The summed E-state index contributed by atoms with van der Waals surface area (Å²) in [6.45, 7) is 10.8. The number of aliphatic carboxylic acids is 1. The second-order valence-corrected chi connectivity index (χ2v) is 8.88. The number of hydrogen-bond donors (Lipinski definition) is 2. The second kappa shape index (κ2) is 14.8. The van der Waals surface area contributed by atoms with E-state index in [9.17, 15) is 24.3 Å². The standard InChI is InChI=1S/C24H35NO11/c1-7-31-21(28)35-18-10-9-16(12-19(18)36-22(29)32-8-2)11-17(20(26)27)25-13-15(3)34-23(30)33-14-24(4,5)6/h9-10,12,15,17,25H,7-8,11,13-14H2,1-6H3,(H,26,27)/t15?,17-/m0/s1. The van der Waals surface area contributed by atoms with E-state index in [1.165, 1.54) is 18.2 Å². The van der Waals surface area contributed by atoms with Crippen molar-refractivity contribution in [2.75, 3.05) is 26.4 Å². The first-order valence-electron chi connectivity index (χ1n) is 11.5. The highest BCUT2D eigenvalue weighted by atomic mass is 16.7. The van der Waals surface area contributed by atoms with Crippen molar-refractivity contribution in [3.8, 4) is 11.5 Å². The first-order chi connectivity index (χ1) is 16.8. The van der Waals surface area contributed by atoms with Gasteiger partial charge in [-0.1, -0.05) is 26.8 Å². The average molecular weight is 514 g/mol. The van der Waals surface area contributed by atoms with Gasteiger partial charge in [-0.05, 0) is 50.3 Å². The van der Waals surface area contributed by atoms with Crippen LogP contribution in [0.15, 0.2) is 18.2 Å². The van der Waals surface area contributed by atoms with E-state index < -0.39 is 36.6 Å². The topological polar surface area (TPSA) is 156 Å². The molecule has 36 heavy (non-hydrogen) atoms. The summed E-state index contributed by atoms with van der Waals surface area (Å²) in [4.78, 5) is 47.1. The zero-order chi connectivity index (χ0) is 27.3. The van der Waals surface area contributed by atoms with E-state index in [1.807, 2.05) is 20.8 Å². The maximum Gasteiger partial charge on any atom is 0.513 e. The number of carbonyl (C=O) groups excluding carboxylic acids is 3. The molecular weight excluding hydrogens is 478 g/mol. The number of nitrogens with one attached hydrogen (secondary N) is 1. The summed E-state index contributed by atoms with van der Waals surface area (Å²) >= 11 is 0. The Balaban J connectivity index is 2.87. The molecule has 2 N–H and O–H groups in total. The van der Waals surface area contributed by atoms with Crippen LogP contribution in [0.3, 0.4) is 0 Å². The van der Waals surface area contributed by atoms with Crippen LogP contribution in [0.25, 0.3) is 0 Å². The molecule has 12 nitrogen and oxygen atoms in total. The Labute approximate surface area is 210 Å². The molecule has 0 amide bonds. The number of benzene rings is 1. The maximum absolute atomic E-state index is 11.8. The second-order valence-electron chi connectivity index (χ2n) is 8.88. The molecule has 0 saturated heterocycles. The lowest BCUT2D eigenvalue weighted by Gasteiger charge is -2.21. The van der Waals surface area contributed by atoms with Crippen LogP contribution in [0.4, 0.5) is 14.4 Å². The van der Waals surface area contributed by atoms with Crippen LogP contribution >= 0.6 is 0 Å². The van der Waals surface area contributed by atoms with E-state index >= 15 is 0 Å². The van der Waals surface area contributed by atoms with E-state index in [2.05, 4.69) is 5.32 Å². The lowest BCUT2D eigenvalue weighted by molar-refractivity contribution is -0.139. The van der Waals surface area contributed by atoms with Crippen LogP contribution in [0.1, 0.15) is 47.1 Å². The number of carboxylic acid groups (broad SMARTS) is 1. The quantitative estimate of drug-likeness (QED) is 0.236. The van der Waals surface area contributed by atoms with Crippen LogP contribution in [0.5, 0.6) is 11.5 Å². The van der Waals surface area contributed by atoms with E-state index in [-0.39, 0.29) is 49.7 Å². The molecule has 1 unspecified atom stereocenters. The Kier molecular flexibility index (Phi) is 12.5. The summed E-state index contributed by atoms with van der Waals surface area (Å²) in [5.74, 6) is -1.42. The van der Waals surface area contributed by atoms with Crippen molar-refractivity contribution in [2.24, 2.45) is 5.41 Å².